The lowest BCUT2D eigenvalue weighted by molar-refractivity contribution is 0.327. The summed E-state index contributed by atoms with van der Waals surface area (Å²) in [4.78, 5) is 17.5. The Morgan fingerprint density at radius 2 is 1.68 bits per heavy atom. The monoisotopic (exact) mass is 368 g/mol. The summed E-state index contributed by atoms with van der Waals surface area (Å²) in [5.41, 5.74) is 6.18. The van der Waals surface area contributed by atoms with Crippen LogP contribution in [-0.2, 0) is 6.42 Å². The Labute approximate surface area is 164 Å². The summed E-state index contributed by atoms with van der Waals surface area (Å²) in [5, 5.41) is 0. The summed E-state index contributed by atoms with van der Waals surface area (Å²) >= 11 is 0. The predicted molar refractivity (Wildman–Crippen MR) is 109 cm³/mol. The number of benzene rings is 1. The molecule has 0 amide bonds. The molecule has 0 aliphatic rings. The van der Waals surface area contributed by atoms with Gasteiger partial charge in [-0.3, -0.25) is 4.98 Å². The molecular formula is C23H20N4O. The first-order valence-electron chi connectivity index (χ1n) is 9.22. The number of aromatic nitrogens is 4. The average molecular weight is 368 g/mol. The van der Waals surface area contributed by atoms with Gasteiger partial charge < -0.3 is 4.74 Å². The van der Waals surface area contributed by atoms with Gasteiger partial charge in [-0.05, 0) is 36.2 Å². The van der Waals surface area contributed by atoms with Crippen LogP contribution in [0.3, 0.4) is 0 Å². The van der Waals surface area contributed by atoms with E-state index in [2.05, 4.69) is 27.1 Å². The van der Waals surface area contributed by atoms with Crippen molar-refractivity contribution in [1.29, 1.82) is 0 Å². The van der Waals surface area contributed by atoms with Gasteiger partial charge in [-0.1, -0.05) is 30.3 Å². The molecule has 0 saturated carbocycles. The van der Waals surface area contributed by atoms with Gasteiger partial charge in [0.25, 0.3) is 0 Å². The van der Waals surface area contributed by atoms with E-state index in [1.807, 2.05) is 61.8 Å². The first kappa shape index (κ1) is 17.8. The summed E-state index contributed by atoms with van der Waals surface area (Å²) in [5.74, 6) is 0.626. The summed E-state index contributed by atoms with van der Waals surface area (Å²) in [6.07, 6.45) is 7.74. The molecular weight excluding hydrogens is 348 g/mol. The minimum absolute atomic E-state index is 0.603. The first-order valence-corrected chi connectivity index (χ1v) is 9.22. The minimum Gasteiger partial charge on any atom is -0.478 e. The number of hydrogen-bond donors (Lipinski definition) is 0. The van der Waals surface area contributed by atoms with Gasteiger partial charge >= 0.3 is 0 Å². The van der Waals surface area contributed by atoms with Crippen LogP contribution in [0.1, 0.15) is 18.2 Å². The average Bonchev–Trinajstić information content (AvgIpc) is 2.76. The molecule has 0 saturated heterocycles. The van der Waals surface area contributed by atoms with Gasteiger partial charge in [0, 0.05) is 47.9 Å². The van der Waals surface area contributed by atoms with E-state index in [1.165, 1.54) is 5.56 Å². The van der Waals surface area contributed by atoms with Crippen molar-refractivity contribution in [3.8, 4) is 28.3 Å². The Balaban J connectivity index is 1.61. The second-order valence-corrected chi connectivity index (χ2v) is 6.29. The first-order chi connectivity index (χ1) is 13.8. The van der Waals surface area contributed by atoms with Crippen LogP contribution in [0, 0.1) is 0 Å². The zero-order valence-electron chi connectivity index (χ0n) is 15.6. The normalized spacial score (nSPS) is 10.6. The molecule has 5 heteroatoms. The van der Waals surface area contributed by atoms with Crippen molar-refractivity contribution in [2.75, 3.05) is 6.61 Å². The van der Waals surface area contributed by atoms with Crippen molar-refractivity contribution in [1.82, 2.24) is 19.9 Å². The quantitative estimate of drug-likeness (QED) is 0.498. The topological polar surface area (TPSA) is 60.8 Å². The van der Waals surface area contributed by atoms with Crippen molar-refractivity contribution >= 4 is 0 Å². The van der Waals surface area contributed by atoms with Crippen LogP contribution in [0.4, 0.5) is 0 Å². The van der Waals surface area contributed by atoms with Gasteiger partial charge in [0.15, 0.2) is 0 Å². The summed E-state index contributed by atoms with van der Waals surface area (Å²) in [6, 6.07) is 18.2. The standard InChI is InChI=1S/C23H20N4O/c1-2-28-23-11-10-18(15-26-23)22-9-5-7-20(27-22)12-17-6-3-4-8-21(17)19-13-24-16-25-14-19/h3-11,13-16H,2,12H2,1H3. The molecule has 1 aromatic carbocycles. The molecule has 4 rings (SSSR count). The molecule has 0 aliphatic carbocycles. The van der Waals surface area contributed by atoms with E-state index >= 15 is 0 Å². The number of ether oxygens (including phenoxy) is 1. The highest BCUT2D eigenvalue weighted by Crippen LogP contribution is 2.25. The maximum Gasteiger partial charge on any atom is 0.213 e. The Morgan fingerprint density at radius 3 is 2.46 bits per heavy atom. The number of rotatable bonds is 6. The largest absolute Gasteiger partial charge is 0.478 e. The van der Waals surface area contributed by atoms with Crippen LogP contribution in [-0.4, -0.2) is 26.5 Å². The van der Waals surface area contributed by atoms with E-state index < -0.39 is 0 Å². The van der Waals surface area contributed by atoms with Crippen molar-refractivity contribution in [2.45, 2.75) is 13.3 Å². The fraction of sp³-hybridized carbons (Fsp3) is 0.130. The molecule has 4 aromatic rings. The predicted octanol–water partition coefficient (Wildman–Crippen LogP) is 4.59. The highest BCUT2D eigenvalue weighted by Gasteiger charge is 2.08. The Morgan fingerprint density at radius 1 is 0.821 bits per heavy atom. The smallest absolute Gasteiger partial charge is 0.213 e. The van der Waals surface area contributed by atoms with Gasteiger partial charge in [-0.2, -0.15) is 0 Å². The highest BCUT2D eigenvalue weighted by molar-refractivity contribution is 5.66. The third-order valence-corrected chi connectivity index (χ3v) is 4.39. The lowest BCUT2D eigenvalue weighted by Gasteiger charge is -2.10. The SMILES string of the molecule is CCOc1ccc(-c2cccc(Cc3ccccc3-c3cncnc3)n2)cn1. The number of hydrogen-bond acceptors (Lipinski definition) is 5. The van der Waals surface area contributed by atoms with Crippen LogP contribution < -0.4 is 4.74 Å². The van der Waals surface area contributed by atoms with E-state index in [0.29, 0.717) is 12.5 Å². The van der Waals surface area contributed by atoms with Crippen LogP contribution in [0.25, 0.3) is 22.4 Å². The van der Waals surface area contributed by atoms with Gasteiger partial charge in [-0.25, -0.2) is 15.0 Å². The Bertz CT molecular complexity index is 1050. The molecule has 0 atom stereocenters. The molecule has 0 unspecified atom stereocenters. The molecule has 0 bridgehead atoms. The molecule has 0 fully saturated rings. The van der Waals surface area contributed by atoms with Crippen molar-refractivity contribution in [2.24, 2.45) is 0 Å². The molecule has 5 nitrogen and oxygen atoms in total. The lowest BCUT2D eigenvalue weighted by Crippen LogP contribution is -1.97. The van der Waals surface area contributed by atoms with Gasteiger partial charge in [-0.15, -0.1) is 0 Å². The van der Waals surface area contributed by atoms with Gasteiger partial charge in [0.05, 0.1) is 12.3 Å². The second kappa shape index (κ2) is 8.39. The van der Waals surface area contributed by atoms with Crippen LogP contribution in [0.15, 0.2) is 79.5 Å². The van der Waals surface area contributed by atoms with E-state index in [1.54, 1.807) is 12.5 Å². The van der Waals surface area contributed by atoms with Crippen LogP contribution in [0.2, 0.25) is 0 Å². The third kappa shape index (κ3) is 4.04. The fourth-order valence-corrected chi connectivity index (χ4v) is 3.09. The molecule has 0 spiro atoms. The zero-order chi connectivity index (χ0) is 19.2. The number of pyridine rings is 2. The Hall–Kier alpha value is -3.60. The van der Waals surface area contributed by atoms with Crippen LogP contribution >= 0.6 is 0 Å². The van der Waals surface area contributed by atoms with E-state index in [0.717, 1.165) is 34.5 Å². The van der Waals surface area contributed by atoms with Crippen molar-refractivity contribution in [3.05, 3.63) is 90.8 Å². The maximum atomic E-state index is 5.41. The summed E-state index contributed by atoms with van der Waals surface area (Å²) in [6.45, 7) is 2.55. The van der Waals surface area contributed by atoms with E-state index in [4.69, 9.17) is 9.72 Å². The molecule has 3 aromatic heterocycles. The maximum absolute atomic E-state index is 5.41. The lowest BCUT2D eigenvalue weighted by atomic mass is 9.98. The highest BCUT2D eigenvalue weighted by atomic mass is 16.5. The molecule has 0 aliphatic heterocycles. The summed E-state index contributed by atoms with van der Waals surface area (Å²) in [7, 11) is 0. The fourth-order valence-electron chi connectivity index (χ4n) is 3.09. The van der Waals surface area contributed by atoms with Gasteiger partial charge in [0.2, 0.25) is 5.88 Å². The number of nitrogens with zero attached hydrogens (tertiary/aromatic N) is 4. The Kier molecular flexibility index (Phi) is 5.33. The second-order valence-electron chi connectivity index (χ2n) is 6.29. The molecule has 0 radical (unpaired) electrons. The minimum atomic E-state index is 0.603. The van der Waals surface area contributed by atoms with Gasteiger partial charge in [0.1, 0.15) is 6.33 Å². The van der Waals surface area contributed by atoms with E-state index in [-0.39, 0.29) is 0 Å². The van der Waals surface area contributed by atoms with Crippen molar-refractivity contribution in [3.63, 3.8) is 0 Å². The van der Waals surface area contributed by atoms with Crippen molar-refractivity contribution < 1.29 is 4.74 Å². The zero-order valence-corrected chi connectivity index (χ0v) is 15.6. The van der Waals surface area contributed by atoms with Crippen LogP contribution in [0.5, 0.6) is 5.88 Å². The van der Waals surface area contributed by atoms with E-state index in [9.17, 15) is 0 Å². The molecule has 28 heavy (non-hydrogen) atoms. The summed E-state index contributed by atoms with van der Waals surface area (Å²) < 4.78 is 5.41. The third-order valence-electron chi connectivity index (χ3n) is 4.39. The molecule has 138 valence electrons. The molecule has 0 N–H and O–H groups in total. The molecule has 3 heterocycles.